The number of aliphatic hydroxyl groups excluding tert-OH is 1. The second-order valence-corrected chi connectivity index (χ2v) is 4.91. The van der Waals surface area contributed by atoms with Crippen LogP contribution in [0, 0.1) is 0 Å². The number of carbonyl (C=O) groups excluding carboxylic acids is 1. The molecule has 1 aliphatic rings. The van der Waals surface area contributed by atoms with Crippen LogP contribution in [0.1, 0.15) is 35.2 Å². The number of alkyl halides is 3. The van der Waals surface area contributed by atoms with E-state index in [0.717, 1.165) is 31.4 Å². The average Bonchev–Trinajstić information content (AvgIpc) is 2.45. The van der Waals surface area contributed by atoms with E-state index in [0.29, 0.717) is 6.54 Å². The summed E-state index contributed by atoms with van der Waals surface area (Å²) in [5.74, 6) is -0.322. The van der Waals surface area contributed by atoms with Crippen LogP contribution in [0.5, 0.6) is 0 Å². The smallest absolute Gasteiger partial charge is 0.394 e. The maximum absolute atomic E-state index is 12.5. The van der Waals surface area contributed by atoms with Gasteiger partial charge in [-0.2, -0.15) is 13.2 Å². The van der Waals surface area contributed by atoms with E-state index in [1.165, 1.54) is 12.1 Å². The number of nitrogens with zero attached hydrogens (tertiary/aromatic N) is 1. The molecule has 1 N–H and O–H groups in total. The maximum Gasteiger partial charge on any atom is 0.416 e. The monoisotopic (exact) mass is 287 g/mol. The third-order valence-corrected chi connectivity index (χ3v) is 3.56. The molecule has 20 heavy (non-hydrogen) atoms. The Morgan fingerprint density at radius 1 is 1.25 bits per heavy atom. The van der Waals surface area contributed by atoms with Gasteiger partial charge in [0, 0.05) is 12.1 Å². The minimum absolute atomic E-state index is 0.119. The standard InChI is InChI=1S/C14H16F3NO2/c15-14(16,17)11-6-4-10(5-7-11)13(20)18-8-2-1-3-12(18)9-19/h4-7,12,19H,1-3,8-9H2. The number of aliphatic hydroxyl groups is 1. The van der Waals surface area contributed by atoms with Crippen LogP contribution in [-0.4, -0.2) is 35.1 Å². The fourth-order valence-corrected chi connectivity index (χ4v) is 2.43. The van der Waals surface area contributed by atoms with Gasteiger partial charge in [0.05, 0.1) is 18.2 Å². The Bertz CT molecular complexity index is 470. The predicted octanol–water partition coefficient (Wildman–Crippen LogP) is 2.69. The Hall–Kier alpha value is -1.56. The van der Waals surface area contributed by atoms with Crippen molar-refractivity contribution in [1.82, 2.24) is 4.90 Å². The van der Waals surface area contributed by atoms with Gasteiger partial charge < -0.3 is 10.0 Å². The highest BCUT2D eigenvalue weighted by Gasteiger charge is 2.31. The van der Waals surface area contributed by atoms with Gasteiger partial charge in [-0.3, -0.25) is 4.79 Å². The Balaban J connectivity index is 2.16. The molecule has 1 aliphatic heterocycles. The van der Waals surface area contributed by atoms with Gasteiger partial charge in [0.2, 0.25) is 0 Å². The van der Waals surface area contributed by atoms with Gasteiger partial charge in [-0.15, -0.1) is 0 Å². The Labute approximate surface area is 115 Å². The molecule has 1 aromatic carbocycles. The highest BCUT2D eigenvalue weighted by atomic mass is 19.4. The van der Waals surface area contributed by atoms with Crippen LogP contribution in [0.15, 0.2) is 24.3 Å². The molecule has 0 radical (unpaired) electrons. The lowest BCUT2D eigenvalue weighted by atomic mass is 10.0. The van der Waals surface area contributed by atoms with Crippen molar-refractivity contribution in [3.8, 4) is 0 Å². The van der Waals surface area contributed by atoms with Gasteiger partial charge in [0.15, 0.2) is 0 Å². The van der Waals surface area contributed by atoms with Crippen molar-refractivity contribution in [2.75, 3.05) is 13.2 Å². The molecule has 0 aliphatic carbocycles. The molecule has 3 nitrogen and oxygen atoms in total. The lowest BCUT2D eigenvalue weighted by Crippen LogP contribution is -2.45. The summed E-state index contributed by atoms with van der Waals surface area (Å²) >= 11 is 0. The first-order valence-electron chi connectivity index (χ1n) is 6.52. The van der Waals surface area contributed by atoms with E-state index in [2.05, 4.69) is 0 Å². The van der Waals surface area contributed by atoms with E-state index in [1.54, 1.807) is 4.90 Å². The molecule has 1 heterocycles. The van der Waals surface area contributed by atoms with Crippen molar-refractivity contribution in [2.45, 2.75) is 31.5 Å². The number of benzene rings is 1. The molecule has 1 fully saturated rings. The largest absolute Gasteiger partial charge is 0.416 e. The molecule has 0 spiro atoms. The fourth-order valence-electron chi connectivity index (χ4n) is 2.43. The SMILES string of the molecule is O=C(c1ccc(C(F)(F)F)cc1)N1CCCCC1CO. The van der Waals surface area contributed by atoms with Crippen molar-refractivity contribution in [3.05, 3.63) is 35.4 Å². The zero-order chi connectivity index (χ0) is 14.8. The molecular formula is C14H16F3NO2. The van der Waals surface area contributed by atoms with Crippen molar-refractivity contribution < 1.29 is 23.1 Å². The first-order chi connectivity index (χ1) is 9.43. The second kappa shape index (κ2) is 5.83. The van der Waals surface area contributed by atoms with Gasteiger partial charge in [0.25, 0.3) is 5.91 Å². The summed E-state index contributed by atoms with van der Waals surface area (Å²) in [4.78, 5) is 13.8. The molecule has 1 aromatic rings. The quantitative estimate of drug-likeness (QED) is 0.908. The van der Waals surface area contributed by atoms with Gasteiger partial charge in [0.1, 0.15) is 0 Å². The molecule has 1 amide bonds. The third kappa shape index (κ3) is 3.12. The van der Waals surface area contributed by atoms with E-state index in [4.69, 9.17) is 0 Å². The first-order valence-corrected chi connectivity index (χ1v) is 6.52. The van der Waals surface area contributed by atoms with Gasteiger partial charge in [-0.05, 0) is 43.5 Å². The lowest BCUT2D eigenvalue weighted by molar-refractivity contribution is -0.137. The molecule has 6 heteroatoms. The highest BCUT2D eigenvalue weighted by molar-refractivity contribution is 5.94. The Kier molecular flexibility index (Phi) is 4.32. The first kappa shape index (κ1) is 14.8. The van der Waals surface area contributed by atoms with Crippen LogP contribution in [-0.2, 0) is 6.18 Å². The van der Waals surface area contributed by atoms with Crippen molar-refractivity contribution in [2.24, 2.45) is 0 Å². The second-order valence-electron chi connectivity index (χ2n) is 4.91. The van der Waals surface area contributed by atoms with Crippen LogP contribution in [0.4, 0.5) is 13.2 Å². The maximum atomic E-state index is 12.5. The number of amides is 1. The molecular weight excluding hydrogens is 271 g/mol. The number of hydrogen-bond donors (Lipinski definition) is 1. The highest BCUT2D eigenvalue weighted by Crippen LogP contribution is 2.29. The predicted molar refractivity (Wildman–Crippen MR) is 67.2 cm³/mol. The summed E-state index contributed by atoms with van der Waals surface area (Å²) in [6, 6.07) is 3.96. The van der Waals surface area contributed by atoms with Gasteiger partial charge >= 0.3 is 6.18 Å². The Morgan fingerprint density at radius 2 is 1.90 bits per heavy atom. The lowest BCUT2D eigenvalue weighted by Gasteiger charge is -2.34. The Morgan fingerprint density at radius 3 is 2.45 bits per heavy atom. The van der Waals surface area contributed by atoms with Crippen molar-refractivity contribution in [1.29, 1.82) is 0 Å². The summed E-state index contributed by atoms with van der Waals surface area (Å²) in [5, 5.41) is 9.27. The summed E-state index contributed by atoms with van der Waals surface area (Å²) in [6.45, 7) is 0.414. The molecule has 0 saturated carbocycles. The molecule has 1 atom stereocenters. The summed E-state index contributed by atoms with van der Waals surface area (Å²) in [7, 11) is 0. The fraction of sp³-hybridized carbons (Fsp3) is 0.500. The molecule has 1 unspecified atom stereocenters. The van der Waals surface area contributed by atoms with E-state index in [9.17, 15) is 23.1 Å². The number of piperidine rings is 1. The number of halogens is 3. The van der Waals surface area contributed by atoms with Crippen LogP contribution in [0.2, 0.25) is 0 Å². The topological polar surface area (TPSA) is 40.5 Å². The van der Waals surface area contributed by atoms with Crippen LogP contribution < -0.4 is 0 Å². The zero-order valence-corrected chi connectivity index (χ0v) is 10.9. The van der Waals surface area contributed by atoms with Gasteiger partial charge in [-0.1, -0.05) is 0 Å². The van der Waals surface area contributed by atoms with E-state index in [1.807, 2.05) is 0 Å². The summed E-state index contributed by atoms with van der Waals surface area (Å²) < 4.78 is 37.4. The minimum atomic E-state index is -4.40. The van der Waals surface area contributed by atoms with E-state index in [-0.39, 0.29) is 24.1 Å². The average molecular weight is 287 g/mol. The van der Waals surface area contributed by atoms with E-state index < -0.39 is 11.7 Å². The molecule has 1 saturated heterocycles. The van der Waals surface area contributed by atoms with Crippen molar-refractivity contribution in [3.63, 3.8) is 0 Å². The summed E-state index contributed by atoms with van der Waals surface area (Å²) in [5.41, 5.74) is -0.551. The molecule has 0 aromatic heterocycles. The summed E-state index contributed by atoms with van der Waals surface area (Å²) in [6.07, 6.45) is -1.88. The van der Waals surface area contributed by atoms with Crippen LogP contribution in [0.3, 0.4) is 0 Å². The molecule has 0 bridgehead atoms. The van der Waals surface area contributed by atoms with Crippen LogP contribution in [0.25, 0.3) is 0 Å². The molecule has 110 valence electrons. The minimum Gasteiger partial charge on any atom is -0.394 e. The van der Waals surface area contributed by atoms with E-state index >= 15 is 0 Å². The zero-order valence-electron chi connectivity index (χ0n) is 10.9. The molecule has 2 rings (SSSR count). The number of hydrogen-bond acceptors (Lipinski definition) is 2. The third-order valence-electron chi connectivity index (χ3n) is 3.56. The number of likely N-dealkylation sites (tertiary alicyclic amines) is 1. The normalized spacial score (nSPS) is 20.0. The van der Waals surface area contributed by atoms with Gasteiger partial charge in [-0.25, -0.2) is 0 Å². The van der Waals surface area contributed by atoms with Crippen LogP contribution >= 0.6 is 0 Å². The number of rotatable bonds is 2. The number of carbonyl (C=O) groups is 1. The van der Waals surface area contributed by atoms with Crippen molar-refractivity contribution >= 4 is 5.91 Å².